The molecule has 0 aliphatic rings. The van der Waals surface area contributed by atoms with Gasteiger partial charge in [0.1, 0.15) is 11.2 Å². The number of aryl methyl sites for hydroxylation is 1. The van der Waals surface area contributed by atoms with Crippen molar-refractivity contribution in [1.82, 2.24) is 0 Å². The number of aliphatic carboxylic acids is 1. The maximum absolute atomic E-state index is 10.7. The molecule has 3 nitrogen and oxygen atoms in total. The highest BCUT2D eigenvalue weighted by Gasteiger charge is 2.10. The third-order valence-corrected chi connectivity index (χ3v) is 3.10. The van der Waals surface area contributed by atoms with Gasteiger partial charge in [0.2, 0.25) is 0 Å². The SMILES string of the molecule is O=C(O)CCc1cccc2oc3ccccc3c12. The van der Waals surface area contributed by atoms with E-state index in [0.717, 1.165) is 27.5 Å². The molecule has 1 N–H and O–H groups in total. The van der Waals surface area contributed by atoms with E-state index in [2.05, 4.69) is 0 Å². The Morgan fingerprint density at radius 1 is 1.06 bits per heavy atom. The molecule has 1 heterocycles. The fourth-order valence-corrected chi connectivity index (χ4v) is 2.30. The third kappa shape index (κ3) is 1.74. The Kier molecular flexibility index (Phi) is 2.52. The molecule has 0 bridgehead atoms. The highest BCUT2D eigenvalue weighted by atomic mass is 16.4. The zero-order valence-corrected chi connectivity index (χ0v) is 9.72. The number of benzene rings is 2. The summed E-state index contributed by atoms with van der Waals surface area (Å²) in [5, 5.41) is 10.9. The van der Waals surface area contributed by atoms with Crippen LogP contribution in [0, 0.1) is 0 Å². The zero-order chi connectivity index (χ0) is 12.5. The molecule has 0 aliphatic heterocycles. The molecule has 0 unspecified atom stereocenters. The molecular weight excluding hydrogens is 228 g/mol. The maximum Gasteiger partial charge on any atom is 0.303 e. The summed E-state index contributed by atoms with van der Waals surface area (Å²) in [5.41, 5.74) is 2.69. The van der Waals surface area contributed by atoms with Crippen LogP contribution in [0.25, 0.3) is 21.9 Å². The summed E-state index contributed by atoms with van der Waals surface area (Å²) < 4.78 is 5.75. The molecular formula is C15H12O3. The lowest BCUT2D eigenvalue weighted by molar-refractivity contribution is -0.136. The van der Waals surface area contributed by atoms with Crippen LogP contribution in [0.4, 0.5) is 0 Å². The second-order valence-corrected chi connectivity index (χ2v) is 4.28. The summed E-state index contributed by atoms with van der Waals surface area (Å²) in [6.45, 7) is 0. The Morgan fingerprint density at radius 2 is 1.83 bits per heavy atom. The topological polar surface area (TPSA) is 50.4 Å². The summed E-state index contributed by atoms with van der Waals surface area (Å²) in [6.07, 6.45) is 0.662. The van der Waals surface area contributed by atoms with E-state index in [1.54, 1.807) is 0 Å². The van der Waals surface area contributed by atoms with Gasteiger partial charge in [0.05, 0.1) is 0 Å². The second kappa shape index (κ2) is 4.18. The summed E-state index contributed by atoms with van der Waals surface area (Å²) in [6, 6.07) is 13.6. The van der Waals surface area contributed by atoms with Crippen molar-refractivity contribution in [3.63, 3.8) is 0 Å². The van der Waals surface area contributed by atoms with Crippen LogP contribution in [-0.2, 0) is 11.2 Å². The van der Waals surface area contributed by atoms with Crippen LogP contribution in [-0.4, -0.2) is 11.1 Å². The largest absolute Gasteiger partial charge is 0.481 e. The van der Waals surface area contributed by atoms with E-state index in [4.69, 9.17) is 9.52 Å². The van der Waals surface area contributed by atoms with Gasteiger partial charge in [0.25, 0.3) is 0 Å². The first kappa shape index (κ1) is 10.8. The van der Waals surface area contributed by atoms with Crippen molar-refractivity contribution in [2.75, 3.05) is 0 Å². The first-order valence-corrected chi connectivity index (χ1v) is 5.86. The molecule has 3 aromatic rings. The van der Waals surface area contributed by atoms with Crippen LogP contribution >= 0.6 is 0 Å². The quantitative estimate of drug-likeness (QED) is 0.760. The van der Waals surface area contributed by atoms with Crippen LogP contribution < -0.4 is 0 Å². The lowest BCUT2D eigenvalue weighted by atomic mass is 10.0. The highest BCUT2D eigenvalue weighted by Crippen LogP contribution is 2.31. The number of hydrogen-bond donors (Lipinski definition) is 1. The Bertz CT molecular complexity index is 725. The molecule has 0 saturated carbocycles. The summed E-state index contributed by atoms with van der Waals surface area (Å²) in [5.74, 6) is -0.778. The van der Waals surface area contributed by atoms with Crippen molar-refractivity contribution < 1.29 is 14.3 Å². The molecule has 0 saturated heterocycles. The van der Waals surface area contributed by atoms with Crippen molar-refractivity contribution in [3.8, 4) is 0 Å². The minimum atomic E-state index is -0.778. The normalized spacial score (nSPS) is 11.1. The van der Waals surface area contributed by atoms with Crippen molar-refractivity contribution in [2.24, 2.45) is 0 Å². The first-order valence-electron chi connectivity index (χ1n) is 5.86. The molecule has 0 fully saturated rings. The van der Waals surface area contributed by atoms with Crippen molar-refractivity contribution in [3.05, 3.63) is 48.0 Å². The summed E-state index contributed by atoms with van der Waals surface area (Å²) in [4.78, 5) is 10.7. The summed E-state index contributed by atoms with van der Waals surface area (Å²) >= 11 is 0. The first-order chi connectivity index (χ1) is 8.75. The third-order valence-electron chi connectivity index (χ3n) is 3.10. The molecule has 2 aromatic carbocycles. The average molecular weight is 240 g/mol. The summed E-state index contributed by atoms with van der Waals surface area (Å²) in [7, 11) is 0. The van der Waals surface area contributed by atoms with Gasteiger partial charge in [-0.3, -0.25) is 4.79 Å². The molecule has 1 aromatic heterocycles. The van der Waals surface area contributed by atoms with Gasteiger partial charge in [-0.25, -0.2) is 0 Å². The van der Waals surface area contributed by atoms with E-state index in [9.17, 15) is 4.79 Å². The van der Waals surface area contributed by atoms with E-state index in [1.165, 1.54) is 0 Å². The molecule has 3 rings (SSSR count). The van der Waals surface area contributed by atoms with Gasteiger partial charge < -0.3 is 9.52 Å². The van der Waals surface area contributed by atoms with Gasteiger partial charge >= 0.3 is 5.97 Å². The van der Waals surface area contributed by atoms with Gasteiger partial charge in [0, 0.05) is 17.2 Å². The van der Waals surface area contributed by atoms with Gasteiger partial charge in [-0.1, -0.05) is 30.3 Å². The number of carboxylic acid groups (broad SMARTS) is 1. The van der Waals surface area contributed by atoms with Crippen LogP contribution in [0.2, 0.25) is 0 Å². The van der Waals surface area contributed by atoms with Crippen LogP contribution in [0.5, 0.6) is 0 Å². The fraction of sp³-hybridized carbons (Fsp3) is 0.133. The minimum absolute atomic E-state index is 0.138. The number of para-hydroxylation sites is 1. The number of hydrogen-bond acceptors (Lipinski definition) is 2. The Labute approximate surface area is 104 Å². The van der Waals surface area contributed by atoms with Crippen molar-refractivity contribution >= 4 is 27.9 Å². The molecule has 18 heavy (non-hydrogen) atoms. The monoisotopic (exact) mass is 240 g/mol. The maximum atomic E-state index is 10.7. The van der Waals surface area contributed by atoms with Crippen LogP contribution in [0.3, 0.4) is 0 Å². The van der Waals surface area contributed by atoms with Gasteiger partial charge in [-0.15, -0.1) is 0 Å². The van der Waals surface area contributed by atoms with Gasteiger partial charge in [-0.2, -0.15) is 0 Å². The minimum Gasteiger partial charge on any atom is -0.481 e. The number of furan rings is 1. The van der Waals surface area contributed by atoms with Gasteiger partial charge in [-0.05, 0) is 24.1 Å². The van der Waals surface area contributed by atoms with E-state index in [-0.39, 0.29) is 6.42 Å². The molecule has 0 aliphatic carbocycles. The molecule has 3 heteroatoms. The Hall–Kier alpha value is -2.29. The second-order valence-electron chi connectivity index (χ2n) is 4.28. The number of fused-ring (bicyclic) bond motifs is 3. The fourth-order valence-electron chi connectivity index (χ4n) is 2.30. The predicted octanol–water partition coefficient (Wildman–Crippen LogP) is 3.60. The molecule has 0 atom stereocenters. The van der Waals surface area contributed by atoms with Crippen molar-refractivity contribution in [2.45, 2.75) is 12.8 Å². The molecule has 0 radical (unpaired) electrons. The van der Waals surface area contributed by atoms with Crippen molar-refractivity contribution in [1.29, 1.82) is 0 Å². The van der Waals surface area contributed by atoms with Gasteiger partial charge in [0.15, 0.2) is 0 Å². The van der Waals surface area contributed by atoms with E-state index in [1.807, 2.05) is 42.5 Å². The zero-order valence-electron chi connectivity index (χ0n) is 9.72. The predicted molar refractivity (Wildman–Crippen MR) is 69.7 cm³/mol. The molecule has 0 amide bonds. The number of carbonyl (C=O) groups is 1. The lowest BCUT2D eigenvalue weighted by Gasteiger charge is -2.00. The number of rotatable bonds is 3. The van der Waals surface area contributed by atoms with E-state index >= 15 is 0 Å². The van der Waals surface area contributed by atoms with E-state index in [0.29, 0.717) is 6.42 Å². The number of carboxylic acids is 1. The highest BCUT2D eigenvalue weighted by molar-refractivity contribution is 6.06. The molecule has 90 valence electrons. The Balaban J connectivity index is 2.21. The standard InChI is InChI=1S/C15H12O3/c16-14(17)9-8-10-4-3-7-13-15(10)11-5-1-2-6-12(11)18-13/h1-7H,8-9H2,(H,16,17). The smallest absolute Gasteiger partial charge is 0.303 e. The lowest BCUT2D eigenvalue weighted by Crippen LogP contribution is -1.97. The molecule has 0 spiro atoms. The Morgan fingerprint density at radius 3 is 2.67 bits per heavy atom. The van der Waals surface area contributed by atoms with Crippen LogP contribution in [0.15, 0.2) is 46.9 Å². The van der Waals surface area contributed by atoms with Crippen LogP contribution in [0.1, 0.15) is 12.0 Å². The average Bonchev–Trinajstić information content (AvgIpc) is 2.75. The van der Waals surface area contributed by atoms with E-state index < -0.39 is 5.97 Å².